The lowest BCUT2D eigenvalue weighted by Gasteiger charge is -2.39. The number of likely N-dealkylation sites (tertiary alicyclic amines) is 1. The Morgan fingerprint density at radius 2 is 1.67 bits per heavy atom. The van der Waals surface area contributed by atoms with Gasteiger partial charge in [0.2, 0.25) is 0 Å². The summed E-state index contributed by atoms with van der Waals surface area (Å²) in [5, 5.41) is 6.19. The Hall–Kier alpha value is -4.43. The number of methoxy groups -OCH3 is 1. The molecule has 0 radical (unpaired) electrons. The Morgan fingerprint density at radius 3 is 2.33 bits per heavy atom. The summed E-state index contributed by atoms with van der Waals surface area (Å²) in [4.78, 5) is 46.2. The highest BCUT2D eigenvalue weighted by atomic mass is 79.9. The zero-order chi connectivity index (χ0) is 31.9. The molecule has 1 saturated heterocycles. The number of Topliss-reactive ketones (excluding diaryl/α,β-unsaturated/α-hetero) is 1. The number of fused-ring (bicyclic) bond motifs is 2. The maximum Gasteiger partial charge on any atom is 0.323 e. The number of carbonyl (C=O) groups excluding carboxylic acids is 3. The van der Waals surface area contributed by atoms with Crippen LogP contribution < -0.4 is 15.4 Å². The zero-order valence-electron chi connectivity index (χ0n) is 25.7. The highest BCUT2D eigenvalue weighted by Crippen LogP contribution is 2.60. The van der Waals surface area contributed by atoms with E-state index in [0.29, 0.717) is 34.7 Å². The summed E-state index contributed by atoms with van der Waals surface area (Å²) in [6.07, 6.45) is 0.564. The van der Waals surface area contributed by atoms with Crippen molar-refractivity contribution < 1.29 is 19.1 Å². The van der Waals surface area contributed by atoms with Crippen LogP contribution in [0.3, 0.4) is 0 Å². The summed E-state index contributed by atoms with van der Waals surface area (Å²) >= 11 is 3.61. The van der Waals surface area contributed by atoms with E-state index in [1.807, 2.05) is 91.9 Å². The lowest BCUT2D eigenvalue weighted by atomic mass is 9.69. The predicted octanol–water partition coefficient (Wildman–Crippen LogP) is 8.16. The van der Waals surface area contributed by atoms with Crippen molar-refractivity contribution >= 4 is 45.0 Å². The molecule has 0 bridgehead atoms. The van der Waals surface area contributed by atoms with E-state index in [-0.39, 0.29) is 11.7 Å². The lowest BCUT2D eigenvalue weighted by molar-refractivity contribution is -0.126. The number of ether oxygens (including phenoxy) is 1. The number of anilines is 2. The van der Waals surface area contributed by atoms with Crippen LogP contribution >= 0.6 is 15.9 Å². The molecule has 2 N–H and O–H groups in total. The Labute approximate surface area is 272 Å². The standard InChI is InChI=1S/C37H36BrN3O4/c1-22(2)20-31-32(24-14-17-27(45-4)18-15-24)33(34(42)25-11-6-5-7-12-25)37(28-21-26(38)16-19-30(28)39-35(37)43)41(31)36(44)40-29-13-9-8-10-23(29)3/h5-19,21-22,31-33H,20H2,1-4H3,(H,39,43)(H,40,44). The van der Waals surface area contributed by atoms with Crippen LogP contribution in [0.2, 0.25) is 0 Å². The summed E-state index contributed by atoms with van der Waals surface area (Å²) in [6, 6.07) is 28.9. The molecule has 2 aliphatic heterocycles. The van der Waals surface area contributed by atoms with Gasteiger partial charge in [-0.15, -0.1) is 0 Å². The van der Waals surface area contributed by atoms with Gasteiger partial charge in [-0.25, -0.2) is 4.79 Å². The Balaban J connectivity index is 1.66. The molecule has 0 aromatic heterocycles. The summed E-state index contributed by atoms with van der Waals surface area (Å²) in [7, 11) is 1.61. The second-order valence-electron chi connectivity index (χ2n) is 12.2. The van der Waals surface area contributed by atoms with Gasteiger partial charge >= 0.3 is 6.03 Å². The first-order valence-corrected chi connectivity index (χ1v) is 16.0. The third kappa shape index (κ3) is 5.21. The smallest absolute Gasteiger partial charge is 0.323 e. The molecule has 45 heavy (non-hydrogen) atoms. The van der Waals surface area contributed by atoms with Crippen molar-refractivity contribution in [1.29, 1.82) is 0 Å². The molecule has 0 aliphatic carbocycles. The van der Waals surface area contributed by atoms with Crippen molar-refractivity contribution in [2.45, 2.75) is 44.7 Å². The Morgan fingerprint density at radius 1 is 0.978 bits per heavy atom. The van der Waals surface area contributed by atoms with Gasteiger partial charge < -0.3 is 20.3 Å². The molecule has 2 heterocycles. The molecule has 4 aromatic rings. The van der Waals surface area contributed by atoms with Crippen molar-refractivity contribution in [3.8, 4) is 5.75 Å². The molecule has 1 fully saturated rings. The first-order valence-electron chi connectivity index (χ1n) is 15.2. The number of halogens is 1. The highest BCUT2D eigenvalue weighted by Gasteiger charge is 2.70. The molecule has 6 rings (SSSR count). The van der Waals surface area contributed by atoms with Crippen molar-refractivity contribution in [3.63, 3.8) is 0 Å². The fraction of sp³-hybridized carbons (Fsp3) is 0.270. The fourth-order valence-electron chi connectivity index (χ4n) is 7.19. The molecule has 4 atom stereocenters. The number of carbonyl (C=O) groups is 3. The van der Waals surface area contributed by atoms with Gasteiger partial charge in [-0.05, 0) is 66.8 Å². The quantitative estimate of drug-likeness (QED) is 0.195. The van der Waals surface area contributed by atoms with E-state index in [9.17, 15) is 14.4 Å². The number of amides is 3. The molecule has 4 aromatic carbocycles. The summed E-state index contributed by atoms with van der Waals surface area (Å²) in [5.74, 6) is -1.20. The molecule has 230 valence electrons. The van der Waals surface area contributed by atoms with E-state index in [2.05, 4.69) is 40.4 Å². The first-order chi connectivity index (χ1) is 21.7. The number of para-hydroxylation sites is 1. The van der Waals surface area contributed by atoms with Gasteiger partial charge in [-0.1, -0.05) is 90.4 Å². The van der Waals surface area contributed by atoms with Crippen molar-refractivity contribution in [3.05, 3.63) is 124 Å². The second kappa shape index (κ2) is 12.2. The third-order valence-electron chi connectivity index (χ3n) is 9.08. The van der Waals surface area contributed by atoms with Crippen LogP contribution in [-0.2, 0) is 10.3 Å². The van der Waals surface area contributed by atoms with Gasteiger partial charge in [-0.3, -0.25) is 9.59 Å². The number of nitrogens with one attached hydrogen (secondary N) is 2. The normalized spacial score (nSPS) is 22.0. The summed E-state index contributed by atoms with van der Waals surface area (Å²) < 4.78 is 6.21. The van der Waals surface area contributed by atoms with Crippen LogP contribution in [0.5, 0.6) is 5.75 Å². The van der Waals surface area contributed by atoms with Gasteiger partial charge in [0.1, 0.15) is 5.75 Å². The van der Waals surface area contributed by atoms with Crippen molar-refractivity contribution in [2.24, 2.45) is 11.8 Å². The van der Waals surface area contributed by atoms with E-state index in [4.69, 9.17) is 4.74 Å². The van der Waals surface area contributed by atoms with Crippen LogP contribution in [0.1, 0.15) is 53.2 Å². The molecular weight excluding hydrogens is 630 g/mol. The van der Waals surface area contributed by atoms with Gasteiger partial charge in [0, 0.05) is 38.9 Å². The van der Waals surface area contributed by atoms with Crippen LogP contribution in [-0.4, -0.2) is 35.8 Å². The topological polar surface area (TPSA) is 87.7 Å². The average molecular weight is 667 g/mol. The van der Waals surface area contributed by atoms with E-state index in [0.717, 1.165) is 15.6 Å². The number of urea groups is 1. The molecule has 1 spiro atoms. The minimum absolute atomic E-state index is 0.151. The van der Waals surface area contributed by atoms with E-state index in [1.165, 1.54) is 0 Å². The molecule has 8 heteroatoms. The van der Waals surface area contributed by atoms with Crippen LogP contribution in [0.4, 0.5) is 16.2 Å². The minimum Gasteiger partial charge on any atom is -0.497 e. The Kier molecular flexibility index (Phi) is 8.27. The molecule has 7 nitrogen and oxygen atoms in total. The predicted molar refractivity (Wildman–Crippen MR) is 180 cm³/mol. The van der Waals surface area contributed by atoms with Crippen LogP contribution in [0.25, 0.3) is 0 Å². The van der Waals surface area contributed by atoms with E-state index in [1.54, 1.807) is 24.1 Å². The fourth-order valence-corrected chi connectivity index (χ4v) is 7.55. The highest BCUT2D eigenvalue weighted by molar-refractivity contribution is 9.10. The zero-order valence-corrected chi connectivity index (χ0v) is 27.3. The van der Waals surface area contributed by atoms with E-state index < -0.39 is 35.4 Å². The SMILES string of the molecule is COc1ccc(C2C(CC(C)C)N(C(=O)Nc3ccccc3C)C3(C(=O)Nc4ccc(Br)cc43)C2C(=O)c2ccccc2)cc1. The molecular formula is C37H36BrN3O4. The summed E-state index contributed by atoms with van der Waals surface area (Å²) in [5.41, 5.74) is 2.43. The van der Waals surface area contributed by atoms with Crippen molar-refractivity contribution in [2.75, 3.05) is 17.7 Å². The molecule has 4 unspecified atom stereocenters. The average Bonchev–Trinajstić information content (AvgIpc) is 3.49. The lowest BCUT2D eigenvalue weighted by Crippen LogP contribution is -2.57. The first kappa shape index (κ1) is 30.6. The maximum atomic E-state index is 15.0. The van der Waals surface area contributed by atoms with Crippen LogP contribution in [0.15, 0.2) is 102 Å². The Bertz CT molecular complexity index is 1760. The number of ketones is 1. The van der Waals surface area contributed by atoms with Gasteiger partial charge in [0.15, 0.2) is 11.3 Å². The molecule has 0 saturated carbocycles. The van der Waals surface area contributed by atoms with Crippen LogP contribution in [0, 0.1) is 18.8 Å². The van der Waals surface area contributed by atoms with Gasteiger partial charge in [0.05, 0.1) is 13.0 Å². The number of nitrogens with zero attached hydrogens (tertiary/aromatic N) is 1. The number of hydrogen-bond donors (Lipinski definition) is 2. The van der Waals surface area contributed by atoms with Gasteiger partial charge in [-0.2, -0.15) is 0 Å². The second-order valence-corrected chi connectivity index (χ2v) is 13.1. The molecule has 2 aliphatic rings. The van der Waals surface area contributed by atoms with Gasteiger partial charge in [0.25, 0.3) is 5.91 Å². The number of aryl methyl sites for hydroxylation is 1. The maximum absolute atomic E-state index is 15.0. The summed E-state index contributed by atoms with van der Waals surface area (Å²) in [6.45, 7) is 6.12. The monoisotopic (exact) mass is 665 g/mol. The van der Waals surface area contributed by atoms with E-state index >= 15 is 0 Å². The largest absolute Gasteiger partial charge is 0.497 e. The molecule has 3 amide bonds. The number of hydrogen-bond acceptors (Lipinski definition) is 4. The van der Waals surface area contributed by atoms with Crippen molar-refractivity contribution in [1.82, 2.24) is 4.90 Å². The minimum atomic E-state index is -1.64. The number of rotatable bonds is 7. The third-order valence-corrected chi connectivity index (χ3v) is 9.58. The number of benzene rings is 4.